The highest BCUT2D eigenvalue weighted by molar-refractivity contribution is 6.61. The molecule has 7 nitrogen and oxygen atoms in total. The highest BCUT2D eigenvalue weighted by atomic mass is 16.5. The van der Waals surface area contributed by atoms with Crippen LogP contribution < -0.4 is 16.9 Å². The van der Waals surface area contributed by atoms with Crippen LogP contribution in [0.1, 0.15) is 285 Å². The molecule has 0 bridgehead atoms. The molecule has 8 heteroatoms. The Bertz CT molecular complexity index is 2680. The van der Waals surface area contributed by atoms with Crippen molar-refractivity contribution in [1.29, 1.82) is 0 Å². The maximum atomic E-state index is 9.69. The Kier molecular flexibility index (Phi) is 22.6. The summed E-state index contributed by atoms with van der Waals surface area (Å²) in [4.78, 5) is 11.5. The lowest BCUT2D eigenvalue weighted by Gasteiger charge is -2.31. The molecule has 0 saturated carbocycles. The summed E-state index contributed by atoms with van der Waals surface area (Å²) >= 11 is 0. The van der Waals surface area contributed by atoms with Crippen LogP contribution in [0.3, 0.4) is 0 Å². The summed E-state index contributed by atoms with van der Waals surface area (Å²) in [7, 11) is -0.730. The maximum absolute atomic E-state index is 9.69. The fraction of sp³-hybridized carbons (Fsp3) is 0.528. The minimum absolute atomic E-state index is 0.0636. The van der Waals surface area contributed by atoms with Crippen LogP contribution in [0, 0.1) is 0 Å². The first-order chi connectivity index (χ1) is 38.1. The molecular weight excluding hydrogens is 978 g/mol. The van der Waals surface area contributed by atoms with Crippen molar-refractivity contribution in [2.24, 2.45) is 11.5 Å². The van der Waals surface area contributed by atoms with Gasteiger partial charge in [-0.1, -0.05) is 181 Å². The highest BCUT2D eigenvalue weighted by Crippen LogP contribution is 2.36. The minimum Gasteiger partial charge on any atom is -0.423 e. The molecule has 12 rings (SSSR count). The Morgan fingerprint density at radius 1 is 0.512 bits per heavy atom. The van der Waals surface area contributed by atoms with Gasteiger partial charge in [0.25, 0.3) is 0 Å². The second kappa shape index (κ2) is 28.8. The Balaban J connectivity index is 0.000000139. The van der Waals surface area contributed by atoms with Crippen molar-refractivity contribution in [1.82, 2.24) is 14.9 Å². The van der Waals surface area contributed by atoms with Crippen LogP contribution in [0.5, 0.6) is 0 Å². The van der Waals surface area contributed by atoms with Crippen LogP contribution in [-0.2, 0) is 43.3 Å². The van der Waals surface area contributed by atoms with E-state index in [-0.39, 0.29) is 18.2 Å². The highest BCUT2D eigenvalue weighted by Gasteiger charge is 2.34. The molecule has 0 radical (unpaired) electrons. The SMILES string of the molecule is CC(C)N1CCc2ccccc2C1.CC(C)c1ccc2c(c1)C(C)CC2.CC(C)c1ccc2c(c1)C(N)CC2.CC(C)c1cnc2c(c1)C(C)CC2.CC(C)c1cnc2c(c1)C(N)CC2.CCC1OB(O)c2ccc(C(C)C)cc21. The van der Waals surface area contributed by atoms with E-state index in [0.717, 1.165) is 61.5 Å². The van der Waals surface area contributed by atoms with Gasteiger partial charge in [-0.25, -0.2) is 0 Å². The van der Waals surface area contributed by atoms with E-state index in [1.807, 2.05) is 18.5 Å². The molecular formula is C72H102BN5O2. The summed E-state index contributed by atoms with van der Waals surface area (Å²) in [6.45, 7) is 35.8. The molecule has 4 aromatic carbocycles. The average molecular weight is 1080 g/mol. The van der Waals surface area contributed by atoms with Gasteiger partial charge >= 0.3 is 7.12 Å². The van der Waals surface area contributed by atoms with Crippen molar-refractivity contribution in [3.8, 4) is 0 Å². The molecule has 6 aromatic rings. The van der Waals surface area contributed by atoms with Gasteiger partial charge in [-0.05, 0) is 203 Å². The average Bonchev–Trinajstić information content (AvgIpc) is 4.30. The van der Waals surface area contributed by atoms with Crippen molar-refractivity contribution in [3.05, 3.63) is 193 Å². The van der Waals surface area contributed by atoms with E-state index < -0.39 is 7.12 Å². The lowest BCUT2D eigenvalue weighted by atomic mass is 9.78. The van der Waals surface area contributed by atoms with E-state index in [1.165, 1.54) is 106 Å². The second-order valence-electron chi connectivity index (χ2n) is 25.8. The molecule has 4 aliphatic carbocycles. The molecule has 2 aliphatic heterocycles. The van der Waals surface area contributed by atoms with Gasteiger partial charge in [0, 0.05) is 55.0 Å². The number of pyridine rings is 2. The van der Waals surface area contributed by atoms with Crippen LogP contribution in [-0.4, -0.2) is 39.6 Å². The van der Waals surface area contributed by atoms with Gasteiger partial charge in [0.2, 0.25) is 0 Å². The number of hydrogen-bond donors (Lipinski definition) is 3. The van der Waals surface area contributed by atoms with Crippen molar-refractivity contribution in [3.63, 3.8) is 0 Å². The number of rotatable bonds is 7. The van der Waals surface area contributed by atoms with E-state index in [1.54, 1.807) is 16.7 Å². The molecule has 0 spiro atoms. The largest absolute Gasteiger partial charge is 0.491 e. The minimum atomic E-state index is -0.730. The predicted octanol–water partition coefficient (Wildman–Crippen LogP) is 16.5. The lowest BCUT2D eigenvalue weighted by molar-refractivity contribution is 0.186. The Morgan fingerprint density at radius 3 is 1.55 bits per heavy atom. The van der Waals surface area contributed by atoms with Crippen LogP contribution in [0.15, 0.2) is 103 Å². The molecule has 2 aromatic heterocycles. The number of hydrogen-bond acceptors (Lipinski definition) is 7. The smallest absolute Gasteiger partial charge is 0.423 e. The molecule has 5 N–H and O–H groups in total. The van der Waals surface area contributed by atoms with Crippen LogP contribution in [0.2, 0.25) is 0 Å². The summed E-state index contributed by atoms with van der Waals surface area (Å²) < 4.78 is 5.47. The zero-order valence-corrected chi connectivity index (χ0v) is 52.1. The van der Waals surface area contributed by atoms with Gasteiger partial charge in [0.05, 0.1) is 6.10 Å². The van der Waals surface area contributed by atoms with Gasteiger partial charge in [-0.15, -0.1) is 0 Å². The topological polar surface area (TPSA) is 111 Å². The van der Waals surface area contributed by atoms with Gasteiger partial charge in [0.1, 0.15) is 0 Å². The fourth-order valence-electron chi connectivity index (χ4n) is 12.0. The monoisotopic (exact) mass is 1080 g/mol. The normalized spacial score (nSPS) is 20.1. The first-order valence-corrected chi connectivity index (χ1v) is 31.2. The predicted molar refractivity (Wildman–Crippen MR) is 340 cm³/mol. The lowest BCUT2D eigenvalue weighted by Crippen LogP contribution is -2.35. The second-order valence-corrected chi connectivity index (χ2v) is 25.8. The molecule has 5 atom stereocenters. The van der Waals surface area contributed by atoms with E-state index in [9.17, 15) is 5.02 Å². The third-order valence-electron chi connectivity index (χ3n) is 17.9. The first kappa shape index (κ1) is 62.6. The van der Waals surface area contributed by atoms with E-state index in [0.29, 0.717) is 35.6 Å². The summed E-state index contributed by atoms with van der Waals surface area (Å²) in [6.07, 6.45) is 15.7. The molecule has 6 aliphatic rings. The number of nitrogens with two attached hydrogens (primary N) is 2. The zero-order valence-electron chi connectivity index (χ0n) is 52.1. The molecule has 0 saturated heterocycles. The summed E-state index contributed by atoms with van der Waals surface area (Å²) in [5.41, 5.74) is 35.4. The Morgan fingerprint density at radius 2 is 0.963 bits per heavy atom. The fourth-order valence-corrected chi connectivity index (χ4v) is 12.0. The number of benzene rings is 4. The summed E-state index contributed by atoms with van der Waals surface area (Å²) in [5.74, 6) is 4.45. The van der Waals surface area contributed by atoms with E-state index in [2.05, 4.69) is 204 Å². The zero-order chi connectivity index (χ0) is 57.9. The number of aryl methyl sites for hydroxylation is 4. The molecule has 80 heavy (non-hydrogen) atoms. The van der Waals surface area contributed by atoms with E-state index >= 15 is 0 Å². The summed E-state index contributed by atoms with van der Waals surface area (Å²) in [6, 6.07) is 34.6. The van der Waals surface area contributed by atoms with Gasteiger partial charge in [0.15, 0.2) is 0 Å². The molecule has 0 fully saturated rings. The third kappa shape index (κ3) is 16.0. The van der Waals surface area contributed by atoms with Gasteiger partial charge in [-0.3, -0.25) is 14.9 Å². The maximum Gasteiger partial charge on any atom is 0.491 e. The standard InChI is InChI=1S/C13H18.C12H17BO2.3C12H17N.C11H16N2/c1-9(2)12-7-6-11-5-4-10(3)13(11)8-12;1-4-12-10-7-9(8(2)3)5-6-11(10)13(14)15-12;1-8(2)10-6-11-9(3)4-5-12(11)13-7-10;1-8(2)10-4-3-9-5-6-12(13)11(9)7-10;1-10(2)13-8-7-11-5-3-4-6-12(11)9-13;1-7(2)8-5-9-10(12)3-4-11(9)13-6-8/h6-10H,4-5H2,1-3H3;5-8,12,14H,4H2,1-3H3;6-9H,4-5H2,1-3H3;3-4,7-8,12H,5-6,13H2,1-2H3;3-6,10H,7-9H2,1-2H3;5-7,10H,3-4,12H2,1-2H3. The van der Waals surface area contributed by atoms with Crippen molar-refractivity contribution in [2.45, 2.75) is 240 Å². The third-order valence-corrected chi connectivity index (χ3v) is 17.9. The van der Waals surface area contributed by atoms with Gasteiger partial charge in [-0.2, -0.15) is 0 Å². The quantitative estimate of drug-likeness (QED) is 0.137. The molecule has 4 heterocycles. The van der Waals surface area contributed by atoms with Crippen LogP contribution >= 0.6 is 0 Å². The Hall–Kier alpha value is -4.96. The molecule has 5 unspecified atom stereocenters. The number of aromatic nitrogens is 2. The number of nitrogens with zero attached hydrogens (tertiary/aromatic N) is 3. The van der Waals surface area contributed by atoms with Crippen LogP contribution in [0.4, 0.5) is 0 Å². The van der Waals surface area contributed by atoms with Crippen molar-refractivity contribution < 1.29 is 9.68 Å². The molecule has 0 amide bonds. The van der Waals surface area contributed by atoms with Gasteiger partial charge < -0.3 is 21.1 Å². The summed E-state index contributed by atoms with van der Waals surface area (Å²) in [5, 5.41) is 9.69. The molecule has 430 valence electrons. The first-order valence-electron chi connectivity index (χ1n) is 31.2. The number of fused-ring (bicyclic) bond motifs is 6. The van der Waals surface area contributed by atoms with Crippen molar-refractivity contribution in [2.75, 3.05) is 6.54 Å². The van der Waals surface area contributed by atoms with Crippen molar-refractivity contribution >= 4 is 12.6 Å². The Labute approximate surface area is 485 Å². The van der Waals surface area contributed by atoms with Crippen LogP contribution in [0.25, 0.3) is 0 Å². The van der Waals surface area contributed by atoms with E-state index in [4.69, 9.17) is 16.1 Å².